The minimum atomic E-state index is 0.739. The zero-order valence-electron chi connectivity index (χ0n) is 11.0. The predicted octanol–water partition coefficient (Wildman–Crippen LogP) is 5.48. The molecule has 2 aromatic heterocycles. The highest BCUT2D eigenvalue weighted by atomic mass is 32.1. The lowest BCUT2D eigenvalue weighted by Crippen LogP contribution is -1.95. The van der Waals surface area contributed by atoms with Gasteiger partial charge in [-0.2, -0.15) is 12.6 Å². The monoisotopic (exact) mass is 312 g/mol. The van der Waals surface area contributed by atoms with Crippen LogP contribution in [0.2, 0.25) is 0 Å². The molecule has 19 heavy (non-hydrogen) atoms. The summed E-state index contributed by atoms with van der Waals surface area (Å²) in [5.74, 6) is 1.000. The summed E-state index contributed by atoms with van der Waals surface area (Å²) in [6.07, 6.45) is 4.90. The van der Waals surface area contributed by atoms with Crippen LogP contribution >= 0.6 is 35.3 Å². The number of unbranched alkanes of at least 4 members (excludes halogenated alkanes) is 3. The minimum absolute atomic E-state index is 0.739. The second kappa shape index (κ2) is 8.80. The fourth-order valence-electron chi connectivity index (χ4n) is 1.92. The normalized spacial score (nSPS) is 11.0. The molecule has 0 spiro atoms. The second-order valence-electron chi connectivity index (χ2n) is 4.44. The van der Waals surface area contributed by atoms with Gasteiger partial charge in [-0.05, 0) is 47.1 Å². The van der Waals surface area contributed by atoms with E-state index in [1.165, 1.54) is 34.6 Å². The van der Waals surface area contributed by atoms with Gasteiger partial charge < -0.3 is 4.74 Å². The fraction of sp³-hybridized carbons (Fsp3) is 0.467. The number of ether oxygens (including phenoxy) is 1. The lowest BCUT2D eigenvalue weighted by Gasteiger charge is -2.05. The summed E-state index contributed by atoms with van der Waals surface area (Å²) in [5.41, 5.74) is 1.32. The van der Waals surface area contributed by atoms with Gasteiger partial charge in [-0.25, -0.2) is 0 Å². The molecule has 0 N–H and O–H groups in total. The highest BCUT2D eigenvalue weighted by Crippen LogP contribution is 2.33. The Labute approximate surface area is 129 Å². The van der Waals surface area contributed by atoms with Crippen molar-refractivity contribution in [1.82, 2.24) is 0 Å². The molecule has 0 aliphatic rings. The molecule has 104 valence electrons. The summed E-state index contributed by atoms with van der Waals surface area (Å²) >= 11 is 7.82. The average molecular weight is 313 g/mol. The van der Waals surface area contributed by atoms with Gasteiger partial charge in [0.1, 0.15) is 0 Å². The van der Waals surface area contributed by atoms with Gasteiger partial charge in [0.25, 0.3) is 0 Å². The quantitative estimate of drug-likeness (QED) is 0.476. The van der Waals surface area contributed by atoms with E-state index in [4.69, 9.17) is 4.74 Å². The molecule has 2 heterocycles. The maximum atomic E-state index is 5.79. The summed E-state index contributed by atoms with van der Waals surface area (Å²) in [6.45, 7) is 1.61. The smallest absolute Gasteiger partial charge is 0.0731 e. The van der Waals surface area contributed by atoms with E-state index in [-0.39, 0.29) is 0 Å². The number of rotatable bonds is 9. The molecule has 0 aliphatic heterocycles. The Morgan fingerprint density at radius 2 is 1.89 bits per heavy atom. The Bertz CT molecular complexity index is 448. The van der Waals surface area contributed by atoms with Crippen LogP contribution in [0, 0.1) is 0 Å². The van der Waals surface area contributed by atoms with E-state index in [1.807, 2.05) is 0 Å². The molecule has 0 amide bonds. The highest BCUT2D eigenvalue weighted by Gasteiger charge is 2.07. The number of thiol groups is 1. The Morgan fingerprint density at radius 3 is 2.68 bits per heavy atom. The molecule has 0 aliphatic carbocycles. The lowest BCUT2D eigenvalue weighted by atomic mass is 10.2. The van der Waals surface area contributed by atoms with Crippen LogP contribution in [-0.2, 0) is 11.3 Å². The first-order chi connectivity index (χ1) is 9.42. The zero-order valence-corrected chi connectivity index (χ0v) is 13.5. The predicted molar refractivity (Wildman–Crippen MR) is 89.6 cm³/mol. The van der Waals surface area contributed by atoms with Crippen LogP contribution in [0.3, 0.4) is 0 Å². The van der Waals surface area contributed by atoms with E-state index in [9.17, 15) is 0 Å². The molecule has 0 atom stereocenters. The van der Waals surface area contributed by atoms with Crippen molar-refractivity contribution in [2.24, 2.45) is 0 Å². The van der Waals surface area contributed by atoms with Crippen molar-refractivity contribution in [2.75, 3.05) is 12.4 Å². The van der Waals surface area contributed by atoms with Crippen molar-refractivity contribution in [3.63, 3.8) is 0 Å². The van der Waals surface area contributed by atoms with E-state index in [1.54, 1.807) is 22.7 Å². The molecule has 0 fully saturated rings. The van der Waals surface area contributed by atoms with Gasteiger partial charge in [-0.1, -0.05) is 18.9 Å². The summed E-state index contributed by atoms with van der Waals surface area (Å²) in [6, 6.07) is 6.46. The van der Waals surface area contributed by atoms with Crippen molar-refractivity contribution in [3.05, 3.63) is 34.5 Å². The van der Waals surface area contributed by atoms with Crippen LogP contribution in [0.1, 0.15) is 31.2 Å². The number of thiophene rings is 2. The summed E-state index contributed by atoms with van der Waals surface area (Å²) in [4.78, 5) is 2.72. The van der Waals surface area contributed by atoms with E-state index in [2.05, 4.69) is 41.6 Å². The molecule has 2 rings (SSSR count). The Morgan fingerprint density at radius 1 is 1.00 bits per heavy atom. The van der Waals surface area contributed by atoms with Crippen molar-refractivity contribution in [2.45, 2.75) is 32.3 Å². The molecule has 4 heteroatoms. The van der Waals surface area contributed by atoms with Crippen LogP contribution in [0.15, 0.2) is 29.0 Å². The van der Waals surface area contributed by atoms with Gasteiger partial charge in [0.15, 0.2) is 0 Å². The Hall–Kier alpha value is -0.290. The average Bonchev–Trinajstić information content (AvgIpc) is 3.08. The van der Waals surface area contributed by atoms with Gasteiger partial charge in [0.05, 0.1) is 6.61 Å². The van der Waals surface area contributed by atoms with Crippen molar-refractivity contribution in [3.8, 4) is 9.75 Å². The lowest BCUT2D eigenvalue weighted by molar-refractivity contribution is 0.117. The Kier molecular flexibility index (Phi) is 6.99. The fourth-order valence-corrected chi connectivity index (χ4v) is 3.97. The summed E-state index contributed by atoms with van der Waals surface area (Å²) in [7, 11) is 0. The molecular formula is C15H20OS3. The van der Waals surface area contributed by atoms with E-state index in [0.29, 0.717) is 0 Å². The van der Waals surface area contributed by atoms with Crippen LogP contribution in [0.25, 0.3) is 9.75 Å². The second-order valence-corrected chi connectivity index (χ2v) is 6.75. The maximum Gasteiger partial charge on any atom is 0.0731 e. The first-order valence-electron chi connectivity index (χ1n) is 6.70. The molecule has 0 bridgehead atoms. The third-order valence-corrected chi connectivity index (χ3v) is 5.27. The van der Waals surface area contributed by atoms with Gasteiger partial charge in [-0.3, -0.25) is 0 Å². The third-order valence-electron chi connectivity index (χ3n) is 2.95. The third kappa shape index (κ3) is 4.95. The topological polar surface area (TPSA) is 9.23 Å². The van der Waals surface area contributed by atoms with Gasteiger partial charge >= 0.3 is 0 Å². The molecule has 0 radical (unpaired) electrons. The first-order valence-corrected chi connectivity index (χ1v) is 9.10. The molecule has 0 saturated heterocycles. The van der Waals surface area contributed by atoms with E-state index in [0.717, 1.165) is 25.4 Å². The largest absolute Gasteiger partial charge is 0.377 e. The zero-order chi connectivity index (χ0) is 13.3. The van der Waals surface area contributed by atoms with E-state index >= 15 is 0 Å². The Balaban J connectivity index is 1.71. The maximum absolute atomic E-state index is 5.79. The van der Waals surface area contributed by atoms with Crippen molar-refractivity contribution in [1.29, 1.82) is 0 Å². The molecule has 0 aromatic carbocycles. The van der Waals surface area contributed by atoms with Gasteiger partial charge in [0.2, 0.25) is 0 Å². The molecule has 1 nitrogen and oxygen atoms in total. The molecule has 0 saturated carbocycles. The van der Waals surface area contributed by atoms with Crippen LogP contribution < -0.4 is 0 Å². The first kappa shape index (κ1) is 15.1. The van der Waals surface area contributed by atoms with Gasteiger partial charge in [-0.15, -0.1) is 22.7 Å². The van der Waals surface area contributed by atoms with Crippen LogP contribution in [-0.4, -0.2) is 12.4 Å². The SMILES string of the molecule is SCCCCCCOCc1ccsc1-c1cccs1. The van der Waals surface area contributed by atoms with E-state index < -0.39 is 0 Å². The molecule has 0 unspecified atom stereocenters. The number of hydrogen-bond donors (Lipinski definition) is 1. The van der Waals surface area contributed by atoms with Crippen molar-refractivity contribution < 1.29 is 4.74 Å². The van der Waals surface area contributed by atoms with Crippen LogP contribution in [0.4, 0.5) is 0 Å². The molecular weight excluding hydrogens is 292 g/mol. The van der Waals surface area contributed by atoms with Crippen LogP contribution in [0.5, 0.6) is 0 Å². The minimum Gasteiger partial charge on any atom is -0.377 e. The van der Waals surface area contributed by atoms with Gasteiger partial charge in [0, 0.05) is 16.4 Å². The standard InChI is InChI=1S/C15H20OS3/c17-9-4-2-1-3-8-16-12-13-7-11-19-15(13)14-6-5-10-18-14/h5-7,10-11,17H,1-4,8-9,12H2. The van der Waals surface area contributed by atoms with Crippen molar-refractivity contribution >= 4 is 35.3 Å². The number of hydrogen-bond acceptors (Lipinski definition) is 4. The summed E-state index contributed by atoms with van der Waals surface area (Å²) < 4.78 is 5.79. The molecule has 2 aromatic rings. The summed E-state index contributed by atoms with van der Waals surface area (Å²) in [5, 5.41) is 4.28. The highest BCUT2D eigenvalue weighted by molar-refractivity contribution is 7.80.